The third-order valence-electron chi connectivity index (χ3n) is 2.89. The van der Waals surface area contributed by atoms with Gasteiger partial charge in [-0.15, -0.1) is 0 Å². The van der Waals surface area contributed by atoms with Crippen molar-refractivity contribution in [2.75, 3.05) is 0 Å². The number of nitrogens with two attached hydrogens (primary N) is 1. The first kappa shape index (κ1) is 12.9. The van der Waals surface area contributed by atoms with E-state index in [1.165, 1.54) is 16.7 Å². The molecule has 0 bridgehead atoms. The Morgan fingerprint density at radius 3 is 2.88 bits per heavy atom. The van der Waals surface area contributed by atoms with Crippen molar-refractivity contribution in [2.24, 2.45) is 5.84 Å². The Morgan fingerprint density at radius 1 is 1.56 bits per heavy atom. The first-order valence-electron chi connectivity index (χ1n) is 5.78. The van der Waals surface area contributed by atoms with Crippen molar-refractivity contribution in [3.05, 3.63) is 41.7 Å². The average molecular weight is 219 g/mol. The van der Waals surface area contributed by atoms with Gasteiger partial charge in [-0.1, -0.05) is 26.0 Å². The molecule has 1 aromatic rings. The van der Waals surface area contributed by atoms with Crippen molar-refractivity contribution in [1.82, 2.24) is 10.4 Å². The highest BCUT2D eigenvalue weighted by molar-refractivity contribution is 5.27. The van der Waals surface area contributed by atoms with Crippen LogP contribution in [0, 0.1) is 0 Å². The van der Waals surface area contributed by atoms with Crippen molar-refractivity contribution >= 4 is 0 Å². The van der Waals surface area contributed by atoms with E-state index in [0.29, 0.717) is 0 Å². The molecule has 0 aliphatic rings. The standard InChI is InChI=1S/C13H21N3/c1-4-10(3)8-13(16-14)12-6-7-15-9-11(12)5-2/h6-7,9,13,16H,3-5,8,14H2,1-2H3. The van der Waals surface area contributed by atoms with Gasteiger partial charge >= 0.3 is 0 Å². The van der Waals surface area contributed by atoms with E-state index in [2.05, 4.69) is 30.8 Å². The molecule has 0 aliphatic carbocycles. The van der Waals surface area contributed by atoms with Crippen LogP contribution in [0.1, 0.15) is 43.9 Å². The number of pyridine rings is 1. The van der Waals surface area contributed by atoms with E-state index >= 15 is 0 Å². The fraction of sp³-hybridized carbons (Fsp3) is 0.462. The van der Waals surface area contributed by atoms with Crippen molar-refractivity contribution in [1.29, 1.82) is 0 Å². The van der Waals surface area contributed by atoms with Crippen LogP contribution in [0.15, 0.2) is 30.6 Å². The largest absolute Gasteiger partial charge is 0.271 e. The molecule has 3 nitrogen and oxygen atoms in total. The van der Waals surface area contributed by atoms with Crippen LogP contribution in [0.25, 0.3) is 0 Å². The molecule has 1 rings (SSSR count). The number of nitrogens with zero attached hydrogens (tertiary/aromatic N) is 1. The first-order chi connectivity index (χ1) is 7.72. The van der Waals surface area contributed by atoms with E-state index < -0.39 is 0 Å². The Balaban J connectivity index is 2.89. The van der Waals surface area contributed by atoms with Crippen LogP contribution >= 0.6 is 0 Å². The maximum Gasteiger partial charge on any atom is 0.0500 e. The second-order valence-electron chi connectivity index (χ2n) is 3.95. The van der Waals surface area contributed by atoms with Crippen molar-refractivity contribution in [3.8, 4) is 0 Å². The normalized spacial score (nSPS) is 12.4. The maximum absolute atomic E-state index is 5.62. The molecule has 1 aromatic heterocycles. The molecule has 3 heteroatoms. The Hall–Kier alpha value is -1.19. The lowest BCUT2D eigenvalue weighted by molar-refractivity contribution is 0.540. The summed E-state index contributed by atoms with van der Waals surface area (Å²) in [5.74, 6) is 5.62. The number of hydrogen-bond acceptors (Lipinski definition) is 3. The van der Waals surface area contributed by atoms with E-state index in [0.717, 1.165) is 19.3 Å². The Labute approximate surface area is 97.7 Å². The highest BCUT2D eigenvalue weighted by atomic mass is 15.2. The molecular weight excluding hydrogens is 198 g/mol. The molecule has 0 radical (unpaired) electrons. The van der Waals surface area contributed by atoms with Gasteiger partial charge in [0, 0.05) is 12.4 Å². The van der Waals surface area contributed by atoms with Gasteiger partial charge in [0.05, 0.1) is 6.04 Å². The summed E-state index contributed by atoms with van der Waals surface area (Å²) in [6, 6.07) is 2.18. The SMILES string of the molecule is C=C(CC)CC(NN)c1ccncc1CC. The van der Waals surface area contributed by atoms with E-state index in [1.54, 1.807) is 0 Å². The maximum atomic E-state index is 5.62. The number of aryl methyl sites for hydroxylation is 1. The second kappa shape index (κ2) is 6.40. The summed E-state index contributed by atoms with van der Waals surface area (Å²) in [5, 5.41) is 0. The van der Waals surface area contributed by atoms with E-state index in [4.69, 9.17) is 5.84 Å². The minimum atomic E-state index is 0.144. The molecule has 0 saturated heterocycles. The summed E-state index contributed by atoms with van der Waals surface area (Å²) in [6.07, 6.45) is 6.57. The molecule has 0 aromatic carbocycles. The summed E-state index contributed by atoms with van der Waals surface area (Å²) in [7, 11) is 0. The van der Waals surface area contributed by atoms with Gasteiger partial charge in [-0.25, -0.2) is 0 Å². The Morgan fingerprint density at radius 2 is 2.31 bits per heavy atom. The Bertz CT molecular complexity index is 347. The zero-order valence-electron chi connectivity index (χ0n) is 10.2. The predicted molar refractivity (Wildman–Crippen MR) is 67.7 cm³/mol. The van der Waals surface area contributed by atoms with Crippen LogP contribution in [0.4, 0.5) is 0 Å². The molecule has 0 saturated carbocycles. The molecule has 0 aliphatic heterocycles. The second-order valence-corrected chi connectivity index (χ2v) is 3.95. The minimum Gasteiger partial charge on any atom is -0.271 e. The van der Waals surface area contributed by atoms with Gasteiger partial charge in [0.25, 0.3) is 0 Å². The highest BCUT2D eigenvalue weighted by Crippen LogP contribution is 2.23. The number of nitrogens with one attached hydrogen (secondary N) is 1. The first-order valence-corrected chi connectivity index (χ1v) is 5.78. The van der Waals surface area contributed by atoms with E-state index in [1.807, 2.05) is 18.5 Å². The quantitative estimate of drug-likeness (QED) is 0.439. The van der Waals surface area contributed by atoms with Crippen LogP contribution in [-0.2, 0) is 6.42 Å². The molecule has 0 amide bonds. The summed E-state index contributed by atoms with van der Waals surface area (Å²) in [5.41, 5.74) is 6.56. The fourth-order valence-corrected chi connectivity index (χ4v) is 1.76. The zero-order valence-corrected chi connectivity index (χ0v) is 10.2. The molecule has 88 valence electrons. The third kappa shape index (κ3) is 3.15. The van der Waals surface area contributed by atoms with E-state index in [9.17, 15) is 0 Å². The molecule has 3 N–H and O–H groups in total. The molecule has 1 heterocycles. The number of rotatable bonds is 6. The highest BCUT2D eigenvalue weighted by Gasteiger charge is 2.13. The third-order valence-corrected chi connectivity index (χ3v) is 2.89. The van der Waals surface area contributed by atoms with Crippen molar-refractivity contribution in [2.45, 2.75) is 39.2 Å². The van der Waals surface area contributed by atoms with Crippen molar-refractivity contribution < 1.29 is 0 Å². The average Bonchev–Trinajstić information content (AvgIpc) is 2.35. The number of hydrazine groups is 1. The van der Waals surface area contributed by atoms with Crippen molar-refractivity contribution in [3.63, 3.8) is 0 Å². The topological polar surface area (TPSA) is 50.9 Å². The molecule has 16 heavy (non-hydrogen) atoms. The smallest absolute Gasteiger partial charge is 0.0500 e. The predicted octanol–water partition coefficient (Wildman–Crippen LogP) is 2.50. The van der Waals surface area contributed by atoms with Crippen LogP contribution < -0.4 is 11.3 Å². The lowest BCUT2D eigenvalue weighted by Crippen LogP contribution is -2.29. The number of hydrogen-bond donors (Lipinski definition) is 2. The van der Waals surface area contributed by atoms with Gasteiger partial charge in [0.2, 0.25) is 0 Å². The summed E-state index contributed by atoms with van der Waals surface area (Å²) in [4.78, 5) is 4.14. The van der Waals surface area contributed by atoms with Gasteiger partial charge in [-0.2, -0.15) is 0 Å². The fourth-order valence-electron chi connectivity index (χ4n) is 1.76. The molecule has 0 fully saturated rings. The van der Waals surface area contributed by atoms with Crippen LogP contribution in [0.2, 0.25) is 0 Å². The molecule has 0 spiro atoms. The Kier molecular flexibility index (Phi) is 5.15. The van der Waals surface area contributed by atoms with Gasteiger partial charge in [-0.3, -0.25) is 16.3 Å². The summed E-state index contributed by atoms with van der Waals surface area (Å²) >= 11 is 0. The van der Waals surface area contributed by atoms with Gasteiger partial charge in [0.15, 0.2) is 0 Å². The molecule has 1 atom stereocenters. The summed E-state index contributed by atoms with van der Waals surface area (Å²) < 4.78 is 0. The lowest BCUT2D eigenvalue weighted by Gasteiger charge is -2.19. The molecular formula is C13H21N3. The van der Waals surface area contributed by atoms with Gasteiger partial charge < -0.3 is 0 Å². The number of aromatic nitrogens is 1. The minimum absolute atomic E-state index is 0.144. The monoisotopic (exact) mass is 219 g/mol. The van der Waals surface area contributed by atoms with Crippen LogP contribution in [0.3, 0.4) is 0 Å². The molecule has 1 unspecified atom stereocenters. The zero-order chi connectivity index (χ0) is 12.0. The van der Waals surface area contributed by atoms with E-state index in [-0.39, 0.29) is 6.04 Å². The van der Waals surface area contributed by atoms with Crippen LogP contribution in [-0.4, -0.2) is 4.98 Å². The van der Waals surface area contributed by atoms with Gasteiger partial charge in [0.1, 0.15) is 0 Å². The van der Waals surface area contributed by atoms with Gasteiger partial charge in [-0.05, 0) is 36.5 Å². The van der Waals surface area contributed by atoms with Crippen LogP contribution in [0.5, 0.6) is 0 Å². The summed E-state index contributed by atoms with van der Waals surface area (Å²) in [6.45, 7) is 8.27. The lowest BCUT2D eigenvalue weighted by atomic mass is 9.95.